The second-order valence-electron chi connectivity index (χ2n) is 11.8. The summed E-state index contributed by atoms with van der Waals surface area (Å²) in [6.45, 7) is 18.5. The minimum Gasteiger partial charge on any atom is -0.354 e. The van der Waals surface area contributed by atoms with Gasteiger partial charge in [0.25, 0.3) is 0 Å². The standard InChI is InChI=1S/C27H42N8S/c1-26(2,3)21-19-22(29-24(28-21)27(4,5)6)35-16-14-34(15-17-35)13-10-18-36-25-31-30-23(33(25)8)20-11-9-12-32(20)7/h9,11-12,19H,10,13-18H2,1-8H3. The summed E-state index contributed by atoms with van der Waals surface area (Å²) < 4.78 is 4.17. The molecule has 0 radical (unpaired) electrons. The maximum absolute atomic E-state index is 4.99. The Kier molecular flexibility index (Phi) is 7.80. The highest BCUT2D eigenvalue weighted by atomic mass is 32.2. The Bertz CT molecular complexity index is 1130. The molecule has 0 spiro atoms. The van der Waals surface area contributed by atoms with E-state index in [1.165, 1.54) is 0 Å². The molecule has 3 aromatic heterocycles. The molecule has 0 amide bonds. The number of nitrogens with zero attached hydrogens (tertiary/aromatic N) is 8. The SMILES string of the molecule is Cn1cccc1-c1nnc(SCCCN2CCN(c3cc(C(C)(C)C)nc(C(C)(C)C)n3)CC2)n1C. The molecule has 36 heavy (non-hydrogen) atoms. The molecule has 8 nitrogen and oxygen atoms in total. The van der Waals surface area contributed by atoms with Crippen molar-refractivity contribution in [2.75, 3.05) is 43.4 Å². The fourth-order valence-corrected chi connectivity index (χ4v) is 5.16. The zero-order valence-electron chi connectivity index (χ0n) is 23.2. The number of aryl methyl sites for hydroxylation is 1. The molecule has 196 valence electrons. The van der Waals surface area contributed by atoms with Gasteiger partial charge in [-0.05, 0) is 25.1 Å². The van der Waals surface area contributed by atoms with E-state index in [-0.39, 0.29) is 10.8 Å². The van der Waals surface area contributed by atoms with Crippen LogP contribution in [0.15, 0.2) is 29.6 Å². The molecule has 0 atom stereocenters. The van der Waals surface area contributed by atoms with Gasteiger partial charge in [-0.25, -0.2) is 9.97 Å². The first-order valence-corrected chi connectivity index (χ1v) is 13.9. The number of thioether (sulfide) groups is 1. The van der Waals surface area contributed by atoms with Crippen molar-refractivity contribution in [2.24, 2.45) is 14.1 Å². The molecule has 4 rings (SSSR count). The highest BCUT2D eigenvalue weighted by molar-refractivity contribution is 7.99. The van der Waals surface area contributed by atoms with Crippen LogP contribution in [0.1, 0.15) is 59.5 Å². The van der Waals surface area contributed by atoms with Gasteiger partial charge in [0.2, 0.25) is 0 Å². The number of aromatic nitrogens is 6. The Balaban J connectivity index is 1.28. The third-order valence-electron chi connectivity index (χ3n) is 6.71. The molecule has 4 heterocycles. The minimum absolute atomic E-state index is 0.00151. The van der Waals surface area contributed by atoms with Crippen molar-refractivity contribution in [3.05, 3.63) is 35.9 Å². The summed E-state index contributed by atoms with van der Waals surface area (Å²) in [6, 6.07) is 6.31. The van der Waals surface area contributed by atoms with Gasteiger partial charge in [-0.15, -0.1) is 10.2 Å². The predicted molar refractivity (Wildman–Crippen MR) is 149 cm³/mol. The van der Waals surface area contributed by atoms with Crippen molar-refractivity contribution in [3.63, 3.8) is 0 Å². The molecule has 0 saturated carbocycles. The molecular weight excluding hydrogens is 468 g/mol. The second kappa shape index (κ2) is 10.5. The average molecular weight is 511 g/mol. The molecular formula is C27H42N8S. The zero-order chi connectivity index (χ0) is 26.1. The zero-order valence-corrected chi connectivity index (χ0v) is 24.1. The first kappa shape index (κ1) is 26.7. The van der Waals surface area contributed by atoms with Crippen LogP contribution in [0.3, 0.4) is 0 Å². The molecule has 0 unspecified atom stereocenters. The van der Waals surface area contributed by atoms with Crippen molar-refractivity contribution >= 4 is 17.6 Å². The number of rotatable bonds is 7. The molecule has 9 heteroatoms. The molecule has 3 aromatic rings. The summed E-state index contributed by atoms with van der Waals surface area (Å²) in [5, 5.41) is 9.81. The molecule has 0 N–H and O–H groups in total. The van der Waals surface area contributed by atoms with Crippen LogP contribution in [0.4, 0.5) is 5.82 Å². The van der Waals surface area contributed by atoms with Gasteiger partial charge in [0.1, 0.15) is 11.6 Å². The van der Waals surface area contributed by atoms with E-state index in [1.54, 1.807) is 11.8 Å². The maximum atomic E-state index is 4.99. The van der Waals surface area contributed by atoms with Crippen molar-refractivity contribution in [3.8, 4) is 11.5 Å². The van der Waals surface area contributed by atoms with E-state index in [0.717, 1.165) is 78.9 Å². The Hall–Kier alpha value is -2.39. The Morgan fingerprint density at radius 3 is 2.25 bits per heavy atom. The van der Waals surface area contributed by atoms with E-state index in [1.807, 2.05) is 26.4 Å². The van der Waals surface area contributed by atoms with Crippen LogP contribution >= 0.6 is 11.8 Å². The van der Waals surface area contributed by atoms with Crippen molar-refractivity contribution in [1.29, 1.82) is 0 Å². The van der Waals surface area contributed by atoms with Crippen LogP contribution in [0, 0.1) is 0 Å². The Morgan fingerprint density at radius 1 is 0.917 bits per heavy atom. The van der Waals surface area contributed by atoms with Crippen LogP contribution in [0.5, 0.6) is 0 Å². The van der Waals surface area contributed by atoms with E-state index >= 15 is 0 Å². The Morgan fingerprint density at radius 2 is 1.64 bits per heavy atom. The van der Waals surface area contributed by atoms with Crippen molar-refractivity contribution in [2.45, 2.75) is 63.9 Å². The van der Waals surface area contributed by atoms with Gasteiger partial charge in [0, 0.05) is 69.1 Å². The molecule has 0 aliphatic carbocycles. The van der Waals surface area contributed by atoms with E-state index < -0.39 is 0 Å². The van der Waals surface area contributed by atoms with Gasteiger partial charge in [0.15, 0.2) is 11.0 Å². The first-order chi connectivity index (χ1) is 16.9. The van der Waals surface area contributed by atoms with Crippen LogP contribution in [-0.2, 0) is 24.9 Å². The van der Waals surface area contributed by atoms with Crippen LogP contribution in [0.25, 0.3) is 11.5 Å². The monoisotopic (exact) mass is 510 g/mol. The third kappa shape index (κ3) is 6.11. The van der Waals surface area contributed by atoms with Gasteiger partial charge in [0.05, 0.1) is 11.4 Å². The fourth-order valence-electron chi connectivity index (χ4n) is 4.33. The van der Waals surface area contributed by atoms with E-state index in [2.05, 4.69) is 82.8 Å². The minimum atomic E-state index is -0.0696. The summed E-state index contributed by atoms with van der Waals surface area (Å²) in [5.41, 5.74) is 2.14. The van der Waals surface area contributed by atoms with Gasteiger partial charge in [-0.3, -0.25) is 4.90 Å². The normalized spacial score (nSPS) is 15.6. The topological polar surface area (TPSA) is 67.9 Å². The summed E-state index contributed by atoms with van der Waals surface area (Å²) in [7, 11) is 4.08. The fraction of sp³-hybridized carbons (Fsp3) is 0.630. The number of hydrogen-bond acceptors (Lipinski definition) is 7. The number of anilines is 1. The van der Waals surface area contributed by atoms with Gasteiger partial charge in [-0.1, -0.05) is 53.3 Å². The maximum Gasteiger partial charge on any atom is 0.191 e. The molecule has 1 aliphatic heterocycles. The molecule has 1 aliphatic rings. The van der Waals surface area contributed by atoms with Crippen LogP contribution in [0.2, 0.25) is 0 Å². The van der Waals surface area contributed by atoms with Crippen molar-refractivity contribution in [1.82, 2.24) is 34.2 Å². The quantitative estimate of drug-likeness (QED) is 0.342. The smallest absolute Gasteiger partial charge is 0.191 e. The molecule has 0 aromatic carbocycles. The average Bonchev–Trinajstić information content (AvgIpc) is 3.40. The lowest BCUT2D eigenvalue weighted by molar-refractivity contribution is 0.258. The lowest BCUT2D eigenvalue weighted by atomic mass is 9.90. The molecule has 0 bridgehead atoms. The predicted octanol–water partition coefficient (Wildman–Crippen LogP) is 4.51. The summed E-state index contributed by atoms with van der Waals surface area (Å²) >= 11 is 1.79. The van der Waals surface area contributed by atoms with E-state index in [9.17, 15) is 0 Å². The molecule has 1 fully saturated rings. The van der Waals surface area contributed by atoms with Gasteiger partial charge in [-0.2, -0.15) is 0 Å². The van der Waals surface area contributed by atoms with E-state index in [4.69, 9.17) is 9.97 Å². The summed E-state index contributed by atoms with van der Waals surface area (Å²) in [4.78, 5) is 14.9. The number of piperazine rings is 1. The van der Waals surface area contributed by atoms with Crippen LogP contribution in [-0.4, -0.2) is 72.7 Å². The second-order valence-corrected chi connectivity index (χ2v) is 12.9. The van der Waals surface area contributed by atoms with Crippen molar-refractivity contribution < 1.29 is 0 Å². The van der Waals surface area contributed by atoms with Crippen LogP contribution < -0.4 is 4.90 Å². The highest BCUT2D eigenvalue weighted by Crippen LogP contribution is 2.29. The highest BCUT2D eigenvalue weighted by Gasteiger charge is 2.26. The van der Waals surface area contributed by atoms with Gasteiger partial charge >= 0.3 is 0 Å². The summed E-state index contributed by atoms with van der Waals surface area (Å²) in [6.07, 6.45) is 3.17. The van der Waals surface area contributed by atoms with Gasteiger partial charge < -0.3 is 14.0 Å². The summed E-state index contributed by atoms with van der Waals surface area (Å²) in [5.74, 6) is 3.96. The van der Waals surface area contributed by atoms with E-state index in [0.29, 0.717) is 0 Å². The molecule has 1 saturated heterocycles. The first-order valence-electron chi connectivity index (χ1n) is 12.9. The third-order valence-corrected chi connectivity index (χ3v) is 7.81. The lowest BCUT2D eigenvalue weighted by Crippen LogP contribution is -2.47. The largest absolute Gasteiger partial charge is 0.354 e. The number of hydrogen-bond donors (Lipinski definition) is 0. The lowest BCUT2D eigenvalue weighted by Gasteiger charge is -2.36. The Labute approximate surface area is 220 Å².